The van der Waals surface area contributed by atoms with Gasteiger partial charge in [0.1, 0.15) is 0 Å². The van der Waals surface area contributed by atoms with Crippen LogP contribution < -0.4 is 5.32 Å². The minimum absolute atomic E-state index is 0.0773. The van der Waals surface area contributed by atoms with Crippen LogP contribution in [0, 0.1) is 0 Å². The number of hydrogen-bond acceptors (Lipinski definition) is 3. The molecule has 0 spiro atoms. The van der Waals surface area contributed by atoms with Crippen LogP contribution in [-0.2, 0) is 6.54 Å². The highest BCUT2D eigenvalue weighted by Gasteiger charge is 2.09. The summed E-state index contributed by atoms with van der Waals surface area (Å²) in [6, 6.07) is 15.5. The van der Waals surface area contributed by atoms with Crippen molar-refractivity contribution in [2.45, 2.75) is 19.9 Å². The topological polar surface area (TPSA) is 79.8 Å². The molecule has 1 amide bonds. The summed E-state index contributed by atoms with van der Waals surface area (Å²) in [6.45, 7) is 2.29. The van der Waals surface area contributed by atoms with Gasteiger partial charge in [-0.15, -0.1) is 0 Å². The van der Waals surface area contributed by atoms with Gasteiger partial charge in [0.2, 0.25) is 5.91 Å². The van der Waals surface area contributed by atoms with Crippen LogP contribution in [0.15, 0.2) is 67.1 Å². The molecule has 2 N–H and O–H groups in total. The van der Waals surface area contributed by atoms with Crippen LogP contribution in [0.3, 0.4) is 0 Å². The number of aromatic amines is 1. The molecular formula is C22H20N4O2. The number of carbonyl (C=O) groups excluding carboxylic acids is 2. The van der Waals surface area contributed by atoms with E-state index in [4.69, 9.17) is 0 Å². The second kappa shape index (κ2) is 7.52. The lowest BCUT2D eigenvalue weighted by atomic mass is 10.0. The van der Waals surface area contributed by atoms with Crippen molar-refractivity contribution in [2.24, 2.45) is 0 Å². The number of hydrogen-bond donors (Lipinski definition) is 2. The Morgan fingerprint density at radius 3 is 2.57 bits per heavy atom. The van der Waals surface area contributed by atoms with Gasteiger partial charge in [-0.2, -0.15) is 5.10 Å². The number of H-pyrrole nitrogens is 1. The second-order valence-corrected chi connectivity index (χ2v) is 6.57. The van der Waals surface area contributed by atoms with E-state index in [2.05, 4.69) is 21.6 Å². The molecule has 0 aliphatic heterocycles. The monoisotopic (exact) mass is 372 g/mol. The van der Waals surface area contributed by atoms with Crippen molar-refractivity contribution in [3.63, 3.8) is 0 Å². The normalized spacial score (nSPS) is 10.9. The minimum Gasteiger partial charge on any atom is -0.348 e. The van der Waals surface area contributed by atoms with Crippen molar-refractivity contribution in [2.75, 3.05) is 0 Å². The molecule has 6 nitrogen and oxygen atoms in total. The van der Waals surface area contributed by atoms with Crippen molar-refractivity contribution < 1.29 is 9.59 Å². The molecule has 0 atom stereocenters. The van der Waals surface area contributed by atoms with Crippen molar-refractivity contribution in [1.82, 2.24) is 20.1 Å². The van der Waals surface area contributed by atoms with Gasteiger partial charge in [-0.05, 0) is 41.5 Å². The highest BCUT2D eigenvalue weighted by atomic mass is 16.2. The summed E-state index contributed by atoms with van der Waals surface area (Å²) in [7, 11) is 0. The molecule has 6 heteroatoms. The van der Waals surface area contributed by atoms with Crippen LogP contribution in [0.1, 0.15) is 34.1 Å². The quantitative estimate of drug-likeness (QED) is 0.555. The van der Waals surface area contributed by atoms with Crippen LogP contribution in [0.4, 0.5) is 0 Å². The fourth-order valence-corrected chi connectivity index (χ4v) is 3.18. The molecule has 0 aliphatic rings. The van der Waals surface area contributed by atoms with Crippen molar-refractivity contribution in [3.8, 4) is 11.1 Å². The van der Waals surface area contributed by atoms with Crippen molar-refractivity contribution >= 4 is 22.7 Å². The van der Waals surface area contributed by atoms with Gasteiger partial charge in [-0.25, -0.2) is 0 Å². The van der Waals surface area contributed by atoms with E-state index in [0.717, 1.165) is 27.6 Å². The lowest BCUT2D eigenvalue weighted by Crippen LogP contribution is -2.22. The van der Waals surface area contributed by atoms with Crippen molar-refractivity contribution in [1.29, 1.82) is 0 Å². The van der Waals surface area contributed by atoms with Gasteiger partial charge in [-0.3, -0.25) is 19.3 Å². The minimum atomic E-state index is -0.127. The molecular weight excluding hydrogens is 352 g/mol. The van der Waals surface area contributed by atoms with Gasteiger partial charge in [0.05, 0.1) is 11.7 Å². The molecule has 4 aromatic rings. The Labute approximate surface area is 162 Å². The molecule has 28 heavy (non-hydrogen) atoms. The maximum absolute atomic E-state index is 12.3. The highest BCUT2D eigenvalue weighted by molar-refractivity contribution is 5.96. The first-order valence-electron chi connectivity index (χ1n) is 9.16. The standard InChI is InChI=1S/C22H20N4O2/c1-2-21(27)26-10-9-19-11-18(7-8-20(19)26)16-3-5-17(6-4-16)22(28)23-12-15-13-24-25-14-15/h3-11,13-14H,2,12H2,1H3,(H,23,28)(H,24,25). The third-order valence-corrected chi connectivity index (χ3v) is 4.75. The van der Waals surface area contributed by atoms with E-state index in [-0.39, 0.29) is 11.8 Å². The molecule has 2 aromatic heterocycles. The van der Waals surface area contributed by atoms with E-state index in [9.17, 15) is 9.59 Å². The van der Waals surface area contributed by atoms with Gasteiger partial charge in [0.15, 0.2) is 0 Å². The molecule has 4 rings (SSSR count). The SMILES string of the molecule is CCC(=O)n1ccc2cc(-c3ccc(C(=O)NCc4cn[nH]c4)cc3)ccc21. The van der Waals surface area contributed by atoms with E-state index < -0.39 is 0 Å². The Kier molecular flexibility index (Phi) is 4.76. The largest absolute Gasteiger partial charge is 0.348 e. The number of aromatic nitrogens is 3. The second-order valence-electron chi connectivity index (χ2n) is 6.57. The molecule has 0 saturated heterocycles. The number of amides is 1. The van der Waals surface area contributed by atoms with E-state index in [1.54, 1.807) is 17.0 Å². The Morgan fingerprint density at radius 2 is 1.86 bits per heavy atom. The lowest BCUT2D eigenvalue weighted by molar-refractivity contribution is 0.0912. The van der Waals surface area contributed by atoms with Crippen molar-refractivity contribution in [3.05, 3.63) is 78.2 Å². The van der Waals surface area contributed by atoms with E-state index in [1.807, 2.05) is 55.6 Å². The lowest BCUT2D eigenvalue weighted by Gasteiger charge is -2.07. The molecule has 2 heterocycles. The summed E-state index contributed by atoms with van der Waals surface area (Å²) in [4.78, 5) is 24.3. The summed E-state index contributed by atoms with van der Waals surface area (Å²) in [6.07, 6.45) is 5.71. The Balaban J connectivity index is 1.51. The maximum atomic E-state index is 12.3. The van der Waals surface area contributed by atoms with Gasteiger partial charge in [-0.1, -0.05) is 25.1 Å². The summed E-state index contributed by atoms with van der Waals surface area (Å²) in [5.41, 5.74) is 4.49. The summed E-state index contributed by atoms with van der Waals surface area (Å²) in [5.74, 6) is -0.0492. The number of fused-ring (bicyclic) bond motifs is 1. The van der Waals surface area contributed by atoms with Gasteiger partial charge in [0, 0.05) is 41.9 Å². The summed E-state index contributed by atoms with van der Waals surface area (Å²) in [5, 5.41) is 10.5. The molecule has 0 bridgehead atoms. The Bertz CT molecular complexity index is 1130. The van der Waals surface area contributed by atoms with Crippen LogP contribution in [0.2, 0.25) is 0 Å². The zero-order chi connectivity index (χ0) is 19.5. The number of carbonyl (C=O) groups is 2. The van der Waals surface area contributed by atoms with E-state index in [0.29, 0.717) is 18.5 Å². The zero-order valence-electron chi connectivity index (χ0n) is 15.5. The fourth-order valence-electron chi connectivity index (χ4n) is 3.18. The third-order valence-electron chi connectivity index (χ3n) is 4.75. The number of nitrogens with zero attached hydrogens (tertiary/aromatic N) is 2. The summed E-state index contributed by atoms with van der Waals surface area (Å²) >= 11 is 0. The molecule has 0 fully saturated rings. The maximum Gasteiger partial charge on any atom is 0.251 e. The predicted octanol–water partition coefficient (Wildman–Crippen LogP) is 4.01. The third kappa shape index (κ3) is 3.44. The Hall–Kier alpha value is -3.67. The van der Waals surface area contributed by atoms with Crippen LogP contribution in [0.25, 0.3) is 22.0 Å². The first kappa shape index (κ1) is 17.7. The molecule has 0 aliphatic carbocycles. The average Bonchev–Trinajstić information content (AvgIpc) is 3.41. The molecule has 2 aromatic carbocycles. The van der Waals surface area contributed by atoms with Crippen LogP contribution in [-0.4, -0.2) is 26.6 Å². The first-order chi connectivity index (χ1) is 13.7. The number of nitrogens with one attached hydrogen (secondary N) is 2. The zero-order valence-corrected chi connectivity index (χ0v) is 15.5. The van der Waals surface area contributed by atoms with E-state index >= 15 is 0 Å². The van der Waals surface area contributed by atoms with Gasteiger partial charge < -0.3 is 5.32 Å². The van der Waals surface area contributed by atoms with Crippen LogP contribution >= 0.6 is 0 Å². The highest BCUT2D eigenvalue weighted by Crippen LogP contribution is 2.26. The fraction of sp³-hybridized carbons (Fsp3) is 0.136. The predicted molar refractivity (Wildman–Crippen MR) is 108 cm³/mol. The molecule has 0 saturated carbocycles. The van der Waals surface area contributed by atoms with E-state index in [1.165, 1.54) is 0 Å². The van der Waals surface area contributed by atoms with Gasteiger partial charge in [0.25, 0.3) is 5.91 Å². The Morgan fingerprint density at radius 1 is 1.07 bits per heavy atom. The number of rotatable bonds is 5. The van der Waals surface area contributed by atoms with Gasteiger partial charge >= 0.3 is 0 Å². The first-order valence-corrected chi connectivity index (χ1v) is 9.16. The molecule has 140 valence electrons. The van der Waals surface area contributed by atoms with Crippen LogP contribution in [0.5, 0.6) is 0 Å². The number of benzene rings is 2. The molecule has 0 radical (unpaired) electrons. The average molecular weight is 372 g/mol. The molecule has 0 unspecified atom stereocenters. The smallest absolute Gasteiger partial charge is 0.251 e. The summed E-state index contributed by atoms with van der Waals surface area (Å²) < 4.78 is 1.69.